The van der Waals surface area contributed by atoms with Crippen LogP contribution in [0.4, 0.5) is 18.2 Å². The smallest absolute Gasteiger partial charge is 0.391 e. The molecule has 0 aliphatic carbocycles. The summed E-state index contributed by atoms with van der Waals surface area (Å²) in [6.07, 6.45) is -2.85. The van der Waals surface area contributed by atoms with E-state index in [0.717, 1.165) is 17.0 Å². The fourth-order valence-electron chi connectivity index (χ4n) is 1.66. The van der Waals surface area contributed by atoms with Gasteiger partial charge >= 0.3 is 6.18 Å². The number of nitrogens with zero attached hydrogens (tertiary/aromatic N) is 1. The van der Waals surface area contributed by atoms with Crippen LogP contribution in [0, 0.1) is 0 Å². The van der Waals surface area contributed by atoms with E-state index in [1.165, 1.54) is 29.8 Å². The van der Waals surface area contributed by atoms with Crippen LogP contribution in [0.1, 0.15) is 16.0 Å². The Hall–Kier alpha value is -2.28. The Labute approximate surface area is 130 Å². The molecule has 0 fully saturated rings. The van der Waals surface area contributed by atoms with Crippen molar-refractivity contribution in [1.82, 2.24) is 5.32 Å². The number of halogens is 3. The lowest BCUT2D eigenvalue weighted by molar-refractivity contribution is -0.137. The zero-order valence-electron chi connectivity index (χ0n) is 11.5. The molecule has 0 aliphatic rings. The van der Waals surface area contributed by atoms with Gasteiger partial charge < -0.3 is 11.1 Å². The molecule has 0 bridgehead atoms. The zero-order valence-corrected chi connectivity index (χ0v) is 12.3. The molecule has 1 aromatic heterocycles. The van der Waals surface area contributed by atoms with Gasteiger partial charge in [0.25, 0.3) is 0 Å². The summed E-state index contributed by atoms with van der Waals surface area (Å²) in [6.45, 7) is 4.13. The molecule has 0 amide bonds. The largest absolute Gasteiger partial charge is 0.416 e. The van der Waals surface area contributed by atoms with Crippen molar-refractivity contribution >= 4 is 28.4 Å². The predicted octanol–water partition coefficient (Wildman–Crippen LogP) is 4.14. The Kier molecular flexibility index (Phi) is 4.87. The second-order valence-corrected chi connectivity index (χ2v) is 5.60. The molecular weight excluding hydrogens is 311 g/mol. The van der Waals surface area contributed by atoms with Crippen LogP contribution >= 0.6 is 11.3 Å². The summed E-state index contributed by atoms with van der Waals surface area (Å²) >= 11 is 1.40. The maximum Gasteiger partial charge on any atom is 0.416 e. The number of nitrogen functional groups attached to an aromatic ring is 1. The number of benzene rings is 1. The lowest BCUT2D eigenvalue weighted by Crippen LogP contribution is -2.07. The SMILES string of the molecule is C=C(NC=NCc1ccc(C(F)(F)F)cc1)c1ccc(N)s1. The number of thiophene rings is 1. The van der Waals surface area contributed by atoms with E-state index < -0.39 is 11.7 Å². The molecule has 3 nitrogen and oxygen atoms in total. The van der Waals surface area contributed by atoms with Crippen molar-refractivity contribution in [2.24, 2.45) is 4.99 Å². The van der Waals surface area contributed by atoms with Crippen LogP contribution in [0.3, 0.4) is 0 Å². The number of anilines is 1. The van der Waals surface area contributed by atoms with Crippen LogP contribution < -0.4 is 11.1 Å². The summed E-state index contributed by atoms with van der Waals surface area (Å²) < 4.78 is 37.3. The van der Waals surface area contributed by atoms with Gasteiger partial charge in [0, 0.05) is 5.70 Å². The number of nitrogens with one attached hydrogen (secondary N) is 1. The van der Waals surface area contributed by atoms with E-state index in [0.29, 0.717) is 16.3 Å². The van der Waals surface area contributed by atoms with Crippen LogP contribution in [-0.4, -0.2) is 6.34 Å². The van der Waals surface area contributed by atoms with Crippen molar-refractivity contribution in [2.45, 2.75) is 12.7 Å². The second-order valence-electron chi connectivity index (χ2n) is 4.49. The van der Waals surface area contributed by atoms with Gasteiger partial charge in [0.2, 0.25) is 0 Å². The molecule has 116 valence electrons. The molecule has 0 saturated carbocycles. The predicted molar refractivity (Wildman–Crippen MR) is 84.5 cm³/mol. The first-order chi connectivity index (χ1) is 10.4. The molecule has 0 unspecified atom stereocenters. The first-order valence-electron chi connectivity index (χ1n) is 6.32. The quantitative estimate of drug-likeness (QED) is 0.641. The minimum atomic E-state index is -4.32. The highest BCUT2D eigenvalue weighted by molar-refractivity contribution is 7.16. The van der Waals surface area contributed by atoms with Gasteiger partial charge in [-0.15, -0.1) is 11.3 Å². The van der Waals surface area contributed by atoms with Crippen LogP contribution in [0.2, 0.25) is 0 Å². The molecule has 1 heterocycles. The summed E-state index contributed by atoms with van der Waals surface area (Å²) in [4.78, 5) is 5.00. The number of alkyl halides is 3. The highest BCUT2D eigenvalue weighted by atomic mass is 32.1. The molecular formula is C15H14F3N3S. The van der Waals surface area contributed by atoms with Gasteiger partial charge in [-0.25, -0.2) is 0 Å². The molecule has 0 atom stereocenters. The van der Waals surface area contributed by atoms with Crippen molar-refractivity contribution in [3.8, 4) is 0 Å². The molecule has 7 heteroatoms. The average Bonchev–Trinajstić information content (AvgIpc) is 2.89. The van der Waals surface area contributed by atoms with E-state index in [4.69, 9.17) is 5.73 Å². The van der Waals surface area contributed by atoms with Gasteiger partial charge in [-0.1, -0.05) is 18.7 Å². The molecule has 0 spiro atoms. The fraction of sp³-hybridized carbons (Fsp3) is 0.133. The minimum absolute atomic E-state index is 0.283. The topological polar surface area (TPSA) is 50.4 Å². The van der Waals surface area contributed by atoms with Crippen LogP contribution in [-0.2, 0) is 12.7 Å². The standard InChI is InChI=1S/C15H14F3N3S/c1-10(13-6-7-14(19)22-13)21-9-20-8-11-2-4-12(5-3-11)15(16,17)18/h2-7,9H,1,8,19H2,(H,20,21). The maximum absolute atomic E-state index is 12.4. The summed E-state index contributed by atoms with van der Waals surface area (Å²) in [5.74, 6) is 0. The molecule has 2 aromatic rings. The van der Waals surface area contributed by atoms with Gasteiger partial charge in [0.05, 0.1) is 28.3 Å². The van der Waals surface area contributed by atoms with Crippen LogP contribution in [0.5, 0.6) is 0 Å². The molecule has 1 aromatic carbocycles. The van der Waals surface area contributed by atoms with Crippen molar-refractivity contribution in [3.05, 3.63) is 59.0 Å². The van der Waals surface area contributed by atoms with E-state index in [9.17, 15) is 13.2 Å². The highest BCUT2D eigenvalue weighted by Crippen LogP contribution is 2.29. The highest BCUT2D eigenvalue weighted by Gasteiger charge is 2.29. The monoisotopic (exact) mass is 325 g/mol. The summed E-state index contributed by atoms with van der Waals surface area (Å²) in [5, 5.41) is 3.60. The summed E-state index contributed by atoms with van der Waals surface area (Å²) in [5.41, 5.74) is 6.32. The van der Waals surface area contributed by atoms with E-state index in [2.05, 4.69) is 16.9 Å². The van der Waals surface area contributed by atoms with Gasteiger partial charge in [-0.2, -0.15) is 13.2 Å². The first-order valence-corrected chi connectivity index (χ1v) is 7.13. The number of nitrogens with two attached hydrogens (primary N) is 1. The van der Waals surface area contributed by atoms with E-state index in [1.807, 2.05) is 6.07 Å². The van der Waals surface area contributed by atoms with Gasteiger partial charge in [-0.05, 0) is 29.8 Å². The molecule has 0 radical (unpaired) electrons. The van der Waals surface area contributed by atoms with Gasteiger partial charge in [0.1, 0.15) is 0 Å². The number of aliphatic imine (C=N–C) groups is 1. The van der Waals surface area contributed by atoms with Crippen molar-refractivity contribution in [2.75, 3.05) is 5.73 Å². The van der Waals surface area contributed by atoms with Gasteiger partial charge in [0.15, 0.2) is 0 Å². The Morgan fingerprint density at radius 2 is 1.91 bits per heavy atom. The summed E-state index contributed by atoms with van der Waals surface area (Å²) in [6, 6.07) is 8.55. The Balaban J connectivity index is 1.86. The van der Waals surface area contributed by atoms with Crippen LogP contribution in [0.15, 0.2) is 48.0 Å². The third kappa shape index (κ3) is 4.36. The third-order valence-electron chi connectivity index (χ3n) is 2.81. The van der Waals surface area contributed by atoms with E-state index in [-0.39, 0.29) is 6.54 Å². The fourth-order valence-corrected chi connectivity index (χ4v) is 2.37. The molecule has 2 rings (SSSR count). The first kappa shape index (κ1) is 16.1. The number of hydrogen-bond donors (Lipinski definition) is 2. The Bertz CT molecular complexity index is 672. The van der Waals surface area contributed by atoms with Gasteiger partial charge in [-0.3, -0.25) is 4.99 Å². The summed E-state index contributed by atoms with van der Waals surface area (Å²) in [7, 11) is 0. The average molecular weight is 325 g/mol. The lowest BCUT2D eigenvalue weighted by Gasteiger charge is -2.06. The van der Waals surface area contributed by atoms with Crippen molar-refractivity contribution in [1.29, 1.82) is 0 Å². The zero-order chi connectivity index (χ0) is 16.2. The Morgan fingerprint density at radius 1 is 1.23 bits per heavy atom. The molecule has 3 N–H and O–H groups in total. The minimum Gasteiger partial charge on any atom is -0.391 e. The Morgan fingerprint density at radius 3 is 2.45 bits per heavy atom. The normalized spacial score (nSPS) is 11.8. The molecule has 0 aliphatic heterocycles. The second kappa shape index (κ2) is 6.65. The molecule has 0 saturated heterocycles. The number of rotatable bonds is 5. The third-order valence-corrected chi connectivity index (χ3v) is 3.78. The maximum atomic E-state index is 12.4. The van der Waals surface area contributed by atoms with E-state index in [1.54, 1.807) is 6.07 Å². The van der Waals surface area contributed by atoms with Crippen LogP contribution in [0.25, 0.3) is 5.70 Å². The lowest BCUT2D eigenvalue weighted by atomic mass is 10.1. The van der Waals surface area contributed by atoms with Crippen molar-refractivity contribution in [3.63, 3.8) is 0 Å². The molecule has 22 heavy (non-hydrogen) atoms. The van der Waals surface area contributed by atoms with E-state index >= 15 is 0 Å². The number of hydrogen-bond acceptors (Lipinski definition) is 3. The van der Waals surface area contributed by atoms with Crippen molar-refractivity contribution < 1.29 is 13.2 Å².